The van der Waals surface area contributed by atoms with Crippen molar-refractivity contribution in [3.8, 4) is 0 Å². The van der Waals surface area contributed by atoms with Crippen LogP contribution in [0.15, 0.2) is 0 Å². The predicted molar refractivity (Wildman–Crippen MR) is 42.2 cm³/mol. The molecule has 0 amide bonds. The summed E-state index contributed by atoms with van der Waals surface area (Å²) in [5, 5.41) is 17.5. The van der Waals surface area contributed by atoms with Gasteiger partial charge in [-0.1, -0.05) is 0 Å². The minimum absolute atomic E-state index is 0.276. The van der Waals surface area contributed by atoms with Gasteiger partial charge in [0.15, 0.2) is 0 Å². The zero-order chi connectivity index (χ0) is 10.7. The zero-order valence-electron chi connectivity index (χ0n) is 7.18. The molecule has 0 saturated heterocycles. The number of halogens is 1. The number of carboxylic acids is 2. The van der Waals surface area contributed by atoms with Gasteiger partial charge in [-0.2, -0.15) is 0 Å². The van der Waals surface area contributed by atoms with Crippen LogP contribution in [0.1, 0.15) is 6.42 Å². The molecule has 78 valence electrons. The van der Waals surface area contributed by atoms with Crippen molar-refractivity contribution in [1.82, 2.24) is 0 Å². The van der Waals surface area contributed by atoms with Crippen LogP contribution in [0.5, 0.6) is 0 Å². The van der Waals surface area contributed by atoms with Gasteiger partial charge < -0.3 is 15.9 Å². The lowest BCUT2D eigenvalue weighted by atomic mass is 9.91. The zero-order valence-corrected chi connectivity index (χ0v) is 7.18. The molecule has 2 unspecified atom stereocenters. The summed E-state index contributed by atoms with van der Waals surface area (Å²) in [6.07, 6.45) is -1.68. The molecule has 0 radical (unpaired) electrons. The van der Waals surface area contributed by atoms with E-state index in [-0.39, 0.29) is 6.42 Å². The van der Waals surface area contributed by atoms with Crippen LogP contribution >= 0.6 is 0 Å². The van der Waals surface area contributed by atoms with Crippen LogP contribution in [0.2, 0.25) is 0 Å². The maximum Gasteiger partial charge on any atom is 0.324 e. The largest absolute Gasteiger partial charge is 0.481 e. The molecule has 0 aromatic heterocycles. The van der Waals surface area contributed by atoms with Crippen molar-refractivity contribution >= 4 is 11.9 Å². The summed E-state index contributed by atoms with van der Waals surface area (Å²) in [4.78, 5) is 21.4. The van der Waals surface area contributed by atoms with Gasteiger partial charge in [-0.25, -0.2) is 4.39 Å². The summed E-state index contributed by atoms with van der Waals surface area (Å²) < 4.78 is 13.2. The molecule has 2 saturated carbocycles. The number of carboxylic acid groups (broad SMARTS) is 2. The molecule has 0 heterocycles. The maximum atomic E-state index is 13.2. The number of alkyl halides is 1. The van der Waals surface area contributed by atoms with E-state index in [9.17, 15) is 14.0 Å². The summed E-state index contributed by atoms with van der Waals surface area (Å²) in [6.45, 7) is 0. The van der Waals surface area contributed by atoms with Gasteiger partial charge >= 0.3 is 11.9 Å². The fourth-order valence-corrected chi connectivity index (χ4v) is 2.59. The van der Waals surface area contributed by atoms with Gasteiger partial charge in [0.05, 0.1) is 5.92 Å². The van der Waals surface area contributed by atoms with Crippen molar-refractivity contribution in [2.75, 3.05) is 0 Å². The van der Waals surface area contributed by atoms with E-state index in [1.165, 1.54) is 0 Å². The summed E-state index contributed by atoms with van der Waals surface area (Å²) >= 11 is 0. The Morgan fingerprint density at radius 1 is 1.43 bits per heavy atom. The third kappa shape index (κ3) is 0.914. The smallest absolute Gasteiger partial charge is 0.324 e. The Hall–Kier alpha value is -1.17. The molecule has 0 aromatic rings. The average molecular weight is 203 g/mol. The Bertz CT molecular complexity index is 320. The Kier molecular flexibility index (Phi) is 1.64. The van der Waals surface area contributed by atoms with Gasteiger partial charge in [0.2, 0.25) is 0 Å². The molecule has 0 aromatic carbocycles. The van der Waals surface area contributed by atoms with E-state index in [0.29, 0.717) is 0 Å². The van der Waals surface area contributed by atoms with Crippen molar-refractivity contribution in [3.05, 3.63) is 0 Å². The lowest BCUT2D eigenvalue weighted by molar-refractivity contribution is -0.145. The van der Waals surface area contributed by atoms with Crippen molar-refractivity contribution < 1.29 is 24.2 Å². The second-order valence-corrected chi connectivity index (χ2v) is 4.03. The molecule has 0 spiro atoms. The van der Waals surface area contributed by atoms with E-state index in [1.807, 2.05) is 0 Å². The number of rotatable bonds is 2. The van der Waals surface area contributed by atoms with E-state index in [2.05, 4.69) is 0 Å². The van der Waals surface area contributed by atoms with Crippen LogP contribution < -0.4 is 5.73 Å². The molecule has 14 heavy (non-hydrogen) atoms. The van der Waals surface area contributed by atoms with E-state index < -0.39 is 41.4 Å². The second-order valence-electron chi connectivity index (χ2n) is 4.03. The van der Waals surface area contributed by atoms with Crippen molar-refractivity contribution in [3.63, 3.8) is 0 Å². The Balaban J connectivity index is 2.26. The second kappa shape index (κ2) is 2.44. The molecule has 5 atom stereocenters. The number of hydrogen-bond acceptors (Lipinski definition) is 3. The highest BCUT2D eigenvalue weighted by molar-refractivity contribution is 5.85. The average Bonchev–Trinajstić information content (AvgIpc) is 2.72. The van der Waals surface area contributed by atoms with Gasteiger partial charge in [-0.3, -0.25) is 9.59 Å². The molecule has 2 aliphatic carbocycles. The molecule has 2 aliphatic rings. The molecule has 0 aliphatic heterocycles. The molecular formula is C8H10FNO4. The van der Waals surface area contributed by atoms with E-state index in [4.69, 9.17) is 15.9 Å². The van der Waals surface area contributed by atoms with E-state index >= 15 is 0 Å². The molecule has 5 nitrogen and oxygen atoms in total. The van der Waals surface area contributed by atoms with Crippen LogP contribution in [-0.4, -0.2) is 33.9 Å². The fourth-order valence-electron chi connectivity index (χ4n) is 2.59. The van der Waals surface area contributed by atoms with Gasteiger partial charge in [-0.15, -0.1) is 0 Å². The lowest BCUT2D eigenvalue weighted by Gasteiger charge is -2.21. The number of fused-ring (bicyclic) bond motifs is 1. The summed E-state index contributed by atoms with van der Waals surface area (Å²) in [7, 11) is 0. The van der Waals surface area contributed by atoms with Crippen LogP contribution in [0.3, 0.4) is 0 Å². The third-order valence-corrected chi connectivity index (χ3v) is 3.30. The van der Waals surface area contributed by atoms with E-state index in [1.54, 1.807) is 0 Å². The summed E-state index contributed by atoms with van der Waals surface area (Å²) in [6, 6.07) is 0. The summed E-state index contributed by atoms with van der Waals surface area (Å²) in [5.41, 5.74) is 3.82. The highest BCUT2D eigenvalue weighted by atomic mass is 19.1. The number of carbonyl (C=O) groups is 2. The van der Waals surface area contributed by atoms with Crippen LogP contribution in [0.25, 0.3) is 0 Å². The minimum atomic E-state index is -1.69. The lowest BCUT2D eigenvalue weighted by Crippen LogP contribution is -2.50. The highest BCUT2D eigenvalue weighted by Crippen LogP contribution is 2.62. The van der Waals surface area contributed by atoms with Crippen LogP contribution in [0, 0.1) is 17.8 Å². The Morgan fingerprint density at radius 3 is 2.36 bits per heavy atom. The number of hydrogen-bond donors (Lipinski definition) is 3. The molecule has 2 fully saturated rings. The third-order valence-electron chi connectivity index (χ3n) is 3.30. The Labute approximate surface area is 78.7 Å². The number of nitrogens with two attached hydrogens (primary N) is 1. The van der Waals surface area contributed by atoms with Gasteiger partial charge in [0.25, 0.3) is 0 Å². The van der Waals surface area contributed by atoms with Crippen LogP contribution in [-0.2, 0) is 9.59 Å². The highest BCUT2D eigenvalue weighted by Gasteiger charge is 2.74. The molecule has 6 heteroatoms. The predicted octanol–water partition coefficient (Wildman–Crippen LogP) is -0.543. The van der Waals surface area contributed by atoms with Gasteiger partial charge in [0.1, 0.15) is 11.7 Å². The first-order valence-corrected chi connectivity index (χ1v) is 4.28. The quantitative estimate of drug-likeness (QED) is 0.559. The standard InChI is InChI=1S/C8H10FNO4/c9-2-1-8(10,7(13)14)5-3(2)4(5)6(11)12/h2-5H,1,10H2,(H,11,12)(H,13,14)/t2?,3-,4-,5-,8?/m0/s1. The Morgan fingerprint density at radius 2 is 2.00 bits per heavy atom. The van der Waals surface area contributed by atoms with E-state index in [0.717, 1.165) is 0 Å². The van der Waals surface area contributed by atoms with Crippen molar-refractivity contribution in [1.29, 1.82) is 0 Å². The first-order chi connectivity index (χ1) is 6.39. The SMILES string of the molecule is NC1(C(=O)O)CC(F)[C@H]2[C@H](C(=O)O)[C@H]21. The topological polar surface area (TPSA) is 101 Å². The maximum absolute atomic E-state index is 13.2. The van der Waals surface area contributed by atoms with Gasteiger partial charge in [0, 0.05) is 18.3 Å². The minimum Gasteiger partial charge on any atom is -0.481 e. The molecule has 4 N–H and O–H groups in total. The van der Waals surface area contributed by atoms with Crippen molar-refractivity contribution in [2.24, 2.45) is 23.5 Å². The normalized spacial score (nSPS) is 49.9. The van der Waals surface area contributed by atoms with Crippen molar-refractivity contribution in [2.45, 2.75) is 18.1 Å². The van der Waals surface area contributed by atoms with Gasteiger partial charge in [-0.05, 0) is 0 Å². The molecule has 0 bridgehead atoms. The number of aliphatic carboxylic acids is 2. The fraction of sp³-hybridized carbons (Fsp3) is 0.750. The first kappa shape index (κ1) is 9.39. The molecular weight excluding hydrogens is 193 g/mol. The summed E-state index contributed by atoms with van der Waals surface area (Å²) in [5.74, 6) is -4.82. The monoisotopic (exact) mass is 203 g/mol. The van der Waals surface area contributed by atoms with Crippen LogP contribution in [0.4, 0.5) is 4.39 Å². The molecule has 2 rings (SSSR count). The first-order valence-electron chi connectivity index (χ1n) is 4.28.